The van der Waals surface area contributed by atoms with Gasteiger partial charge in [-0.05, 0) is 47.7 Å². The molecule has 1 aliphatic heterocycles. The lowest BCUT2D eigenvalue weighted by Crippen LogP contribution is -2.32. The Morgan fingerprint density at radius 1 is 1.11 bits per heavy atom. The van der Waals surface area contributed by atoms with Crippen LogP contribution < -0.4 is 14.2 Å². The van der Waals surface area contributed by atoms with Gasteiger partial charge in [-0.25, -0.2) is 0 Å². The monoisotopic (exact) mass is 419 g/mol. The lowest BCUT2D eigenvalue weighted by atomic mass is 10.2. The van der Waals surface area contributed by atoms with E-state index in [1.165, 1.54) is 19.1 Å². The Balaban J connectivity index is 1.71. The smallest absolute Gasteiger partial charge is 0.293 e. The highest BCUT2D eigenvalue weighted by atomic mass is 35.5. The van der Waals surface area contributed by atoms with E-state index in [0.29, 0.717) is 32.7 Å². The van der Waals surface area contributed by atoms with E-state index in [-0.39, 0.29) is 24.3 Å². The van der Waals surface area contributed by atoms with Crippen LogP contribution in [-0.4, -0.2) is 43.4 Å². The minimum atomic E-state index is -0.363. The number of nitrogens with zero attached hydrogens (tertiary/aromatic N) is 1. The first-order chi connectivity index (χ1) is 13.5. The molecule has 0 radical (unpaired) electrons. The highest BCUT2D eigenvalue weighted by molar-refractivity contribution is 8.18. The van der Waals surface area contributed by atoms with Crippen molar-refractivity contribution in [2.45, 2.75) is 0 Å². The Hall–Kier alpha value is -2.64. The molecule has 1 heterocycles. The number of para-hydroxylation sites is 1. The number of carbonyl (C=O) groups is 2. The highest BCUT2D eigenvalue weighted by Gasteiger charge is 2.34. The van der Waals surface area contributed by atoms with Crippen molar-refractivity contribution in [3.8, 4) is 17.2 Å². The largest absolute Gasteiger partial charge is 0.493 e. The minimum absolute atomic E-state index is 0.170. The predicted molar refractivity (Wildman–Crippen MR) is 109 cm³/mol. The van der Waals surface area contributed by atoms with Gasteiger partial charge in [0.05, 0.1) is 30.7 Å². The lowest BCUT2D eigenvalue weighted by molar-refractivity contribution is -0.123. The molecule has 0 spiro atoms. The number of carbonyl (C=O) groups excluding carboxylic acids is 2. The van der Waals surface area contributed by atoms with Gasteiger partial charge in [0.2, 0.25) is 0 Å². The summed E-state index contributed by atoms with van der Waals surface area (Å²) in [5, 5.41) is 0.0167. The zero-order valence-electron chi connectivity index (χ0n) is 15.3. The molecular weight excluding hydrogens is 402 g/mol. The quantitative estimate of drug-likeness (QED) is 0.617. The van der Waals surface area contributed by atoms with E-state index < -0.39 is 0 Å². The van der Waals surface area contributed by atoms with Gasteiger partial charge in [0.1, 0.15) is 12.4 Å². The highest BCUT2D eigenvalue weighted by Crippen LogP contribution is 2.38. The van der Waals surface area contributed by atoms with E-state index >= 15 is 0 Å². The summed E-state index contributed by atoms with van der Waals surface area (Å²) >= 11 is 7.08. The molecule has 1 saturated heterocycles. The zero-order chi connectivity index (χ0) is 20.1. The maximum atomic E-state index is 12.6. The average molecular weight is 420 g/mol. The van der Waals surface area contributed by atoms with Crippen LogP contribution in [0.4, 0.5) is 4.79 Å². The molecule has 0 aromatic heterocycles. The number of hydrogen-bond acceptors (Lipinski definition) is 6. The lowest BCUT2D eigenvalue weighted by Gasteiger charge is -2.13. The van der Waals surface area contributed by atoms with Crippen LogP contribution >= 0.6 is 23.4 Å². The molecule has 0 bridgehead atoms. The summed E-state index contributed by atoms with van der Waals surface area (Å²) in [5.41, 5.74) is 0.633. The van der Waals surface area contributed by atoms with Crippen molar-refractivity contribution < 1.29 is 23.8 Å². The van der Waals surface area contributed by atoms with Crippen molar-refractivity contribution in [1.82, 2.24) is 4.90 Å². The number of rotatable bonds is 7. The molecule has 0 N–H and O–H groups in total. The van der Waals surface area contributed by atoms with E-state index in [1.54, 1.807) is 18.2 Å². The summed E-state index contributed by atoms with van der Waals surface area (Å²) in [5.74, 6) is 1.17. The maximum Gasteiger partial charge on any atom is 0.293 e. The number of methoxy groups -OCH3 is 2. The normalized spacial score (nSPS) is 15.2. The summed E-state index contributed by atoms with van der Waals surface area (Å²) in [7, 11) is 2.99. The van der Waals surface area contributed by atoms with Gasteiger partial charge in [0.15, 0.2) is 11.5 Å². The number of halogens is 1. The van der Waals surface area contributed by atoms with E-state index in [1.807, 2.05) is 30.3 Å². The van der Waals surface area contributed by atoms with Crippen LogP contribution in [0.3, 0.4) is 0 Å². The van der Waals surface area contributed by atoms with Gasteiger partial charge in [0.25, 0.3) is 11.1 Å². The third-order valence-corrected chi connectivity index (χ3v) is 5.14. The van der Waals surface area contributed by atoms with E-state index in [9.17, 15) is 9.59 Å². The fourth-order valence-electron chi connectivity index (χ4n) is 2.64. The van der Waals surface area contributed by atoms with Crippen LogP contribution in [0.5, 0.6) is 17.2 Å². The SMILES string of the molecule is COc1cc(/C=C2\SC(=O)N(CCOc3ccccc3)C2=O)cc(Cl)c1OC. The second kappa shape index (κ2) is 9.03. The summed E-state index contributed by atoms with van der Waals surface area (Å²) in [4.78, 5) is 26.3. The van der Waals surface area contributed by atoms with Gasteiger partial charge in [-0.2, -0.15) is 0 Å². The molecule has 0 saturated carbocycles. The number of ether oxygens (including phenoxy) is 3. The van der Waals surface area contributed by atoms with Gasteiger partial charge in [-0.15, -0.1) is 0 Å². The van der Waals surface area contributed by atoms with Crippen LogP contribution in [0.15, 0.2) is 47.4 Å². The molecule has 6 nitrogen and oxygen atoms in total. The van der Waals surface area contributed by atoms with Gasteiger partial charge >= 0.3 is 0 Å². The summed E-state index contributed by atoms with van der Waals surface area (Å²) in [6, 6.07) is 12.6. The first kappa shape index (κ1) is 20.1. The van der Waals surface area contributed by atoms with Crippen LogP contribution in [0.25, 0.3) is 6.08 Å². The molecule has 2 aromatic rings. The molecule has 3 rings (SSSR count). The van der Waals surface area contributed by atoms with Crippen LogP contribution in [0, 0.1) is 0 Å². The Morgan fingerprint density at radius 2 is 1.86 bits per heavy atom. The van der Waals surface area contributed by atoms with Gasteiger partial charge in [0, 0.05) is 0 Å². The van der Waals surface area contributed by atoms with Crippen LogP contribution in [0.2, 0.25) is 5.02 Å². The second-order valence-corrected chi connectivity index (χ2v) is 7.13. The summed E-state index contributed by atoms with van der Waals surface area (Å²) in [6.07, 6.45) is 1.61. The van der Waals surface area contributed by atoms with Crippen LogP contribution in [-0.2, 0) is 4.79 Å². The summed E-state index contributed by atoms with van der Waals surface area (Å²) in [6.45, 7) is 0.390. The van der Waals surface area contributed by atoms with Crippen molar-refractivity contribution in [2.24, 2.45) is 0 Å². The molecule has 2 amide bonds. The number of imide groups is 1. The van der Waals surface area contributed by atoms with Crippen molar-refractivity contribution in [3.05, 3.63) is 58.0 Å². The molecule has 1 aliphatic rings. The Morgan fingerprint density at radius 3 is 2.54 bits per heavy atom. The van der Waals surface area contributed by atoms with Gasteiger partial charge in [-0.3, -0.25) is 14.5 Å². The number of benzene rings is 2. The van der Waals surface area contributed by atoms with Gasteiger partial charge in [-0.1, -0.05) is 29.8 Å². The Kier molecular flexibility index (Phi) is 6.49. The van der Waals surface area contributed by atoms with Crippen LogP contribution in [0.1, 0.15) is 5.56 Å². The molecule has 2 aromatic carbocycles. The third-order valence-electron chi connectivity index (χ3n) is 3.95. The molecule has 0 unspecified atom stereocenters. The van der Waals surface area contributed by atoms with Crippen molar-refractivity contribution >= 4 is 40.6 Å². The topological polar surface area (TPSA) is 65.1 Å². The predicted octanol–water partition coefficient (Wildman–Crippen LogP) is 4.47. The number of thioether (sulfide) groups is 1. The van der Waals surface area contributed by atoms with E-state index in [2.05, 4.69) is 0 Å². The standard InChI is InChI=1S/C20H18ClNO5S/c1-25-16-11-13(10-15(21)18(16)26-2)12-17-19(23)22(20(24)28-17)8-9-27-14-6-4-3-5-7-14/h3-7,10-12H,8-9H2,1-2H3/b17-12-. The zero-order valence-corrected chi connectivity index (χ0v) is 16.9. The molecule has 28 heavy (non-hydrogen) atoms. The molecule has 1 fully saturated rings. The molecule has 146 valence electrons. The first-order valence-electron chi connectivity index (χ1n) is 8.38. The first-order valence-corrected chi connectivity index (χ1v) is 9.57. The molecular formula is C20H18ClNO5S. The molecule has 0 atom stereocenters. The van der Waals surface area contributed by atoms with Crippen molar-refractivity contribution in [2.75, 3.05) is 27.4 Å². The molecule has 0 aliphatic carbocycles. The maximum absolute atomic E-state index is 12.6. The number of hydrogen-bond donors (Lipinski definition) is 0. The second-order valence-electron chi connectivity index (χ2n) is 5.73. The van der Waals surface area contributed by atoms with Crippen molar-refractivity contribution in [1.29, 1.82) is 0 Å². The Bertz CT molecular complexity index is 916. The van der Waals surface area contributed by atoms with E-state index in [4.69, 9.17) is 25.8 Å². The van der Waals surface area contributed by atoms with Crippen molar-refractivity contribution in [3.63, 3.8) is 0 Å². The molecule has 8 heteroatoms. The third kappa shape index (κ3) is 4.43. The minimum Gasteiger partial charge on any atom is -0.493 e. The average Bonchev–Trinajstić information content (AvgIpc) is 2.95. The number of amides is 2. The summed E-state index contributed by atoms with van der Waals surface area (Å²) < 4.78 is 16.0. The fraction of sp³-hybridized carbons (Fsp3) is 0.200. The van der Waals surface area contributed by atoms with Gasteiger partial charge < -0.3 is 14.2 Å². The Labute approximate surface area is 172 Å². The fourth-order valence-corrected chi connectivity index (χ4v) is 3.80. The van der Waals surface area contributed by atoms with E-state index in [0.717, 1.165) is 11.8 Å².